The third kappa shape index (κ3) is 6.13. The van der Waals surface area contributed by atoms with Crippen LogP contribution in [0.15, 0.2) is 48.5 Å². The Hall–Kier alpha value is -2.76. The molecule has 0 N–H and O–H groups in total. The Bertz CT molecular complexity index is 1220. The van der Waals surface area contributed by atoms with Crippen LogP contribution in [0, 0.1) is 35.2 Å². The Balaban J connectivity index is 1.51. The molecule has 0 bridgehead atoms. The number of hydrogen-bond acceptors (Lipinski definition) is 0. The maximum atomic E-state index is 15.3. The molecule has 192 valence electrons. The van der Waals surface area contributed by atoms with Crippen molar-refractivity contribution in [1.29, 1.82) is 0 Å². The van der Waals surface area contributed by atoms with E-state index in [2.05, 4.69) is 13.8 Å². The minimum Gasteiger partial charge on any atom is -0.206 e. The molecule has 0 aromatic heterocycles. The third-order valence-electron chi connectivity index (χ3n) is 7.52. The quantitative estimate of drug-likeness (QED) is 0.293. The summed E-state index contributed by atoms with van der Waals surface area (Å²) >= 11 is 0. The predicted molar refractivity (Wildman–Crippen MR) is 133 cm³/mol. The van der Waals surface area contributed by atoms with Crippen molar-refractivity contribution in [2.24, 2.45) is 17.8 Å². The summed E-state index contributed by atoms with van der Waals surface area (Å²) in [4.78, 5) is 0. The van der Waals surface area contributed by atoms with Crippen LogP contribution in [0.25, 0.3) is 28.0 Å². The Kier molecular flexibility index (Phi) is 7.82. The van der Waals surface area contributed by atoms with Crippen molar-refractivity contribution in [3.8, 4) is 11.1 Å². The highest BCUT2D eigenvalue weighted by atomic mass is 19.4. The largest absolute Gasteiger partial charge is 0.409 e. The van der Waals surface area contributed by atoms with Gasteiger partial charge in [-0.05, 0) is 78.2 Å². The van der Waals surface area contributed by atoms with Crippen molar-refractivity contribution in [2.75, 3.05) is 0 Å². The van der Waals surface area contributed by atoms with E-state index in [-0.39, 0.29) is 17.2 Å². The summed E-state index contributed by atoms with van der Waals surface area (Å²) in [5.74, 6) is -0.723. The Morgan fingerprint density at radius 3 is 2.17 bits per heavy atom. The Labute approximate surface area is 208 Å². The molecule has 36 heavy (non-hydrogen) atoms. The summed E-state index contributed by atoms with van der Waals surface area (Å²) < 4.78 is 81.2. The second-order valence-corrected chi connectivity index (χ2v) is 10.3. The van der Waals surface area contributed by atoms with Crippen LogP contribution < -0.4 is 0 Å². The summed E-state index contributed by atoms with van der Waals surface area (Å²) in [5, 5.41) is 1.03. The molecule has 3 aromatic rings. The first-order valence-corrected chi connectivity index (χ1v) is 12.5. The molecule has 1 aliphatic carbocycles. The molecule has 3 aromatic carbocycles. The van der Waals surface area contributed by atoms with E-state index in [4.69, 9.17) is 0 Å². The van der Waals surface area contributed by atoms with Crippen LogP contribution in [0.4, 0.5) is 26.3 Å². The molecule has 0 heterocycles. The molecule has 0 amide bonds. The molecular weight excluding hydrogens is 474 g/mol. The minimum absolute atomic E-state index is 0.0127. The van der Waals surface area contributed by atoms with Gasteiger partial charge in [0, 0.05) is 22.6 Å². The maximum Gasteiger partial charge on any atom is 0.409 e. The smallest absolute Gasteiger partial charge is 0.206 e. The predicted octanol–water partition coefficient (Wildman–Crippen LogP) is 9.89. The first kappa shape index (κ1) is 26.3. The van der Waals surface area contributed by atoms with Crippen LogP contribution in [-0.2, 0) is 6.42 Å². The standard InChI is InChI=1S/C30H30F6/c1-18(2)21-8-5-19(6-9-21)3-4-20-7-11-24-22(15-20)10-12-25(29(24)33)23-16-27(31)26(28(32)17-23)13-14-30(34,35)36/h7,10-19,21H,3-6,8-9H2,1-2H3/b14-13+. The van der Waals surface area contributed by atoms with Gasteiger partial charge in [0.05, 0.1) is 0 Å². The third-order valence-corrected chi connectivity index (χ3v) is 7.52. The lowest BCUT2D eigenvalue weighted by Gasteiger charge is -2.30. The summed E-state index contributed by atoms with van der Waals surface area (Å²) in [7, 11) is 0. The van der Waals surface area contributed by atoms with E-state index < -0.39 is 29.2 Å². The molecule has 0 atom stereocenters. The van der Waals surface area contributed by atoms with Gasteiger partial charge in [-0.15, -0.1) is 0 Å². The molecule has 0 saturated heterocycles. The molecular formula is C30H30F6. The van der Waals surface area contributed by atoms with Gasteiger partial charge in [0.2, 0.25) is 0 Å². The highest BCUT2D eigenvalue weighted by Crippen LogP contribution is 2.36. The fourth-order valence-electron chi connectivity index (χ4n) is 5.31. The van der Waals surface area contributed by atoms with Crippen molar-refractivity contribution >= 4 is 16.8 Å². The average molecular weight is 505 g/mol. The van der Waals surface area contributed by atoms with E-state index >= 15 is 4.39 Å². The van der Waals surface area contributed by atoms with E-state index in [1.807, 2.05) is 12.1 Å². The normalized spacial score (nSPS) is 19.0. The Morgan fingerprint density at radius 2 is 1.56 bits per heavy atom. The Morgan fingerprint density at radius 1 is 0.889 bits per heavy atom. The van der Waals surface area contributed by atoms with Crippen molar-refractivity contribution in [3.05, 3.63) is 77.1 Å². The topological polar surface area (TPSA) is 0 Å². The molecule has 0 radical (unpaired) electrons. The molecule has 1 aliphatic rings. The lowest BCUT2D eigenvalue weighted by atomic mass is 9.75. The monoisotopic (exact) mass is 504 g/mol. The van der Waals surface area contributed by atoms with Crippen molar-refractivity contribution in [3.63, 3.8) is 0 Å². The molecule has 0 spiro atoms. The van der Waals surface area contributed by atoms with Gasteiger partial charge in [0.15, 0.2) is 0 Å². The molecule has 4 rings (SSSR count). The molecule has 0 unspecified atom stereocenters. The van der Waals surface area contributed by atoms with Gasteiger partial charge in [-0.25, -0.2) is 13.2 Å². The maximum absolute atomic E-state index is 15.3. The zero-order valence-electron chi connectivity index (χ0n) is 20.4. The van der Waals surface area contributed by atoms with Crippen LogP contribution in [0.1, 0.15) is 57.1 Å². The number of rotatable bonds is 6. The molecule has 6 heteroatoms. The average Bonchev–Trinajstić information content (AvgIpc) is 2.82. The molecule has 0 aliphatic heterocycles. The van der Waals surface area contributed by atoms with Gasteiger partial charge in [-0.2, -0.15) is 13.2 Å². The highest BCUT2D eigenvalue weighted by Gasteiger charge is 2.24. The van der Waals surface area contributed by atoms with Crippen LogP contribution in [0.2, 0.25) is 0 Å². The SMILES string of the molecule is CC(C)C1CCC(CCc2ccc3c(F)c(-c4cc(F)c(/C=C/C(F)(F)F)c(F)c4)ccc3c2)CC1. The van der Waals surface area contributed by atoms with E-state index in [0.29, 0.717) is 22.8 Å². The van der Waals surface area contributed by atoms with E-state index in [1.165, 1.54) is 31.7 Å². The summed E-state index contributed by atoms with van der Waals surface area (Å²) in [6.07, 6.45) is 2.50. The lowest BCUT2D eigenvalue weighted by molar-refractivity contribution is -0.0790. The number of hydrogen-bond donors (Lipinski definition) is 0. The first-order chi connectivity index (χ1) is 17.0. The number of benzene rings is 3. The van der Waals surface area contributed by atoms with Crippen molar-refractivity contribution in [2.45, 2.75) is 58.5 Å². The van der Waals surface area contributed by atoms with Crippen molar-refractivity contribution < 1.29 is 26.3 Å². The van der Waals surface area contributed by atoms with Crippen LogP contribution in [-0.4, -0.2) is 6.18 Å². The van der Waals surface area contributed by atoms with Gasteiger partial charge >= 0.3 is 6.18 Å². The number of fused-ring (bicyclic) bond motifs is 1. The van der Waals surface area contributed by atoms with Gasteiger partial charge in [0.1, 0.15) is 17.5 Å². The van der Waals surface area contributed by atoms with E-state index in [0.717, 1.165) is 42.4 Å². The van der Waals surface area contributed by atoms with Crippen LogP contribution >= 0.6 is 0 Å². The van der Waals surface area contributed by atoms with Crippen molar-refractivity contribution in [1.82, 2.24) is 0 Å². The molecule has 1 fully saturated rings. The number of halogens is 6. The second-order valence-electron chi connectivity index (χ2n) is 10.3. The van der Waals surface area contributed by atoms with Crippen LogP contribution in [0.5, 0.6) is 0 Å². The zero-order valence-corrected chi connectivity index (χ0v) is 20.4. The van der Waals surface area contributed by atoms with Gasteiger partial charge in [0.25, 0.3) is 0 Å². The minimum atomic E-state index is -4.70. The molecule has 1 saturated carbocycles. The second kappa shape index (κ2) is 10.7. The van der Waals surface area contributed by atoms with E-state index in [9.17, 15) is 22.0 Å². The van der Waals surface area contributed by atoms with Gasteiger partial charge in [-0.1, -0.05) is 57.0 Å². The highest BCUT2D eigenvalue weighted by molar-refractivity contribution is 5.89. The van der Waals surface area contributed by atoms with Gasteiger partial charge in [-0.3, -0.25) is 0 Å². The number of allylic oxidation sites excluding steroid dienone is 1. The number of aryl methyl sites for hydroxylation is 1. The molecule has 0 nitrogen and oxygen atoms in total. The van der Waals surface area contributed by atoms with Gasteiger partial charge < -0.3 is 0 Å². The van der Waals surface area contributed by atoms with Crippen LogP contribution in [0.3, 0.4) is 0 Å². The van der Waals surface area contributed by atoms with E-state index in [1.54, 1.807) is 12.1 Å². The zero-order chi connectivity index (χ0) is 26.0. The fraction of sp³-hybridized carbons (Fsp3) is 0.400. The lowest BCUT2D eigenvalue weighted by Crippen LogP contribution is -2.18. The summed E-state index contributed by atoms with van der Waals surface area (Å²) in [6.45, 7) is 4.59. The number of alkyl halides is 3. The first-order valence-electron chi connectivity index (χ1n) is 12.5. The fourth-order valence-corrected chi connectivity index (χ4v) is 5.31. The summed E-state index contributed by atoms with van der Waals surface area (Å²) in [6, 6.07) is 10.4. The summed E-state index contributed by atoms with van der Waals surface area (Å²) in [5.41, 5.74) is 0.217.